The molecule has 0 atom stereocenters. The molecule has 0 fully saturated rings. The number of ether oxygens (including phenoxy) is 1. The minimum absolute atomic E-state index is 0.261. The van der Waals surface area contributed by atoms with Crippen molar-refractivity contribution in [1.29, 1.82) is 0 Å². The van der Waals surface area contributed by atoms with Gasteiger partial charge in [0.15, 0.2) is 0 Å². The normalized spacial score (nSPS) is 11.4. The molecule has 0 saturated carbocycles. The van der Waals surface area contributed by atoms with Crippen LogP contribution in [0.5, 0.6) is 11.5 Å². The second-order valence-electron chi connectivity index (χ2n) is 7.75. The van der Waals surface area contributed by atoms with Crippen LogP contribution < -0.4 is 8.92 Å². The van der Waals surface area contributed by atoms with Crippen molar-refractivity contribution < 1.29 is 17.3 Å². The van der Waals surface area contributed by atoms with E-state index in [0.717, 1.165) is 24.8 Å². The number of methoxy groups -OCH3 is 1. The Kier molecular flexibility index (Phi) is 10.8. The number of hydrogen-bond acceptors (Lipinski definition) is 4. The number of rotatable bonds is 15. The van der Waals surface area contributed by atoms with Gasteiger partial charge >= 0.3 is 10.1 Å². The highest BCUT2D eigenvalue weighted by Crippen LogP contribution is 2.25. The van der Waals surface area contributed by atoms with Gasteiger partial charge in [0.25, 0.3) is 0 Å². The number of aryl methyl sites for hydroxylation is 1. The summed E-state index contributed by atoms with van der Waals surface area (Å²) in [4.78, 5) is 0.261. The molecular weight excluding hydrogens is 396 g/mol. The maximum Gasteiger partial charge on any atom is 0.339 e. The second kappa shape index (κ2) is 13.3. The predicted octanol–water partition coefficient (Wildman–Crippen LogP) is 6.93. The van der Waals surface area contributed by atoms with Gasteiger partial charge in [0.05, 0.1) is 7.11 Å². The van der Waals surface area contributed by atoms with E-state index in [9.17, 15) is 8.42 Å². The van der Waals surface area contributed by atoms with Crippen molar-refractivity contribution in [2.75, 3.05) is 7.11 Å². The number of hydrogen-bond donors (Lipinski definition) is 0. The van der Waals surface area contributed by atoms with Crippen LogP contribution in [0.15, 0.2) is 53.4 Å². The summed E-state index contributed by atoms with van der Waals surface area (Å²) >= 11 is 0. The van der Waals surface area contributed by atoms with Crippen LogP contribution in [0.25, 0.3) is 0 Å². The molecule has 0 radical (unpaired) electrons. The lowest BCUT2D eigenvalue weighted by Crippen LogP contribution is -2.12. The summed E-state index contributed by atoms with van der Waals surface area (Å²) in [6.07, 6.45) is 13.4. The summed E-state index contributed by atoms with van der Waals surface area (Å²) in [6.45, 7) is 2.24. The molecule has 30 heavy (non-hydrogen) atoms. The Labute approximate surface area is 182 Å². The fourth-order valence-corrected chi connectivity index (χ4v) is 4.75. The van der Waals surface area contributed by atoms with Crippen LogP contribution in [-0.4, -0.2) is 15.5 Å². The Morgan fingerprint density at radius 3 is 1.83 bits per heavy atom. The predicted molar refractivity (Wildman–Crippen MR) is 123 cm³/mol. The molecule has 5 heteroatoms. The summed E-state index contributed by atoms with van der Waals surface area (Å²) in [5.74, 6) is 0.936. The first kappa shape index (κ1) is 24.3. The first-order valence-corrected chi connectivity index (χ1v) is 12.6. The van der Waals surface area contributed by atoms with Crippen molar-refractivity contribution in [3.05, 3.63) is 54.1 Å². The minimum atomic E-state index is -3.87. The van der Waals surface area contributed by atoms with Crippen molar-refractivity contribution in [2.24, 2.45) is 0 Å². The summed E-state index contributed by atoms with van der Waals surface area (Å²) < 4.78 is 36.1. The molecule has 0 saturated heterocycles. The molecule has 0 amide bonds. The molecule has 0 aliphatic rings. The molecule has 2 aromatic carbocycles. The van der Waals surface area contributed by atoms with E-state index in [-0.39, 0.29) is 10.6 Å². The van der Waals surface area contributed by atoms with E-state index in [1.807, 2.05) is 12.1 Å². The van der Waals surface area contributed by atoms with Gasteiger partial charge in [-0.3, -0.25) is 0 Å². The Bertz CT molecular complexity index is 828. The Hall–Kier alpha value is -2.01. The first-order valence-electron chi connectivity index (χ1n) is 11.2. The van der Waals surface area contributed by atoms with Crippen molar-refractivity contribution in [3.63, 3.8) is 0 Å². The maximum absolute atomic E-state index is 12.8. The van der Waals surface area contributed by atoms with Crippen molar-refractivity contribution in [3.8, 4) is 11.5 Å². The second-order valence-corrected chi connectivity index (χ2v) is 9.27. The van der Waals surface area contributed by atoms with Crippen LogP contribution in [0.2, 0.25) is 0 Å². The standard InChI is InChI=1S/C25H36O4S/c1-3-4-5-6-7-8-9-10-11-12-15-22-16-13-14-17-25(22)30(26,27)29-24-20-18-23(28-2)19-21-24/h13-14,16-21H,3-12,15H2,1-2H3. The van der Waals surface area contributed by atoms with Gasteiger partial charge in [-0.15, -0.1) is 0 Å². The Morgan fingerprint density at radius 2 is 1.23 bits per heavy atom. The van der Waals surface area contributed by atoms with Crippen molar-refractivity contribution >= 4 is 10.1 Å². The highest BCUT2D eigenvalue weighted by Gasteiger charge is 2.20. The molecule has 0 unspecified atom stereocenters. The lowest BCUT2D eigenvalue weighted by Gasteiger charge is -2.12. The van der Waals surface area contributed by atoms with Crippen molar-refractivity contribution in [2.45, 2.75) is 82.4 Å². The van der Waals surface area contributed by atoms with Crippen LogP contribution in [0.1, 0.15) is 76.7 Å². The largest absolute Gasteiger partial charge is 0.497 e. The number of benzene rings is 2. The minimum Gasteiger partial charge on any atom is -0.497 e. The molecule has 0 aliphatic carbocycles. The zero-order chi connectivity index (χ0) is 21.7. The van der Waals surface area contributed by atoms with Crippen LogP contribution in [0.3, 0.4) is 0 Å². The summed E-state index contributed by atoms with van der Waals surface area (Å²) in [5, 5.41) is 0. The molecular formula is C25H36O4S. The fourth-order valence-electron chi connectivity index (χ4n) is 3.56. The summed E-state index contributed by atoms with van der Waals surface area (Å²) in [5.41, 5.74) is 0.825. The molecule has 0 bridgehead atoms. The zero-order valence-electron chi connectivity index (χ0n) is 18.4. The molecule has 2 aromatic rings. The van der Waals surface area contributed by atoms with Gasteiger partial charge in [-0.2, -0.15) is 8.42 Å². The Balaban J connectivity index is 1.81. The molecule has 4 nitrogen and oxygen atoms in total. The highest BCUT2D eigenvalue weighted by atomic mass is 32.2. The lowest BCUT2D eigenvalue weighted by atomic mass is 10.0. The molecule has 0 heterocycles. The first-order chi connectivity index (χ1) is 14.6. The van der Waals surface area contributed by atoms with Crippen molar-refractivity contribution in [1.82, 2.24) is 0 Å². The van der Waals surface area contributed by atoms with Gasteiger partial charge < -0.3 is 8.92 Å². The maximum atomic E-state index is 12.8. The molecule has 166 valence electrons. The van der Waals surface area contributed by atoms with Crippen LogP contribution >= 0.6 is 0 Å². The fraction of sp³-hybridized carbons (Fsp3) is 0.520. The van der Waals surface area contributed by atoms with Gasteiger partial charge in [-0.05, 0) is 48.7 Å². The van der Waals surface area contributed by atoms with Gasteiger partial charge in [0.1, 0.15) is 16.4 Å². The molecule has 0 aliphatic heterocycles. The molecule has 0 aromatic heterocycles. The smallest absolute Gasteiger partial charge is 0.339 e. The lowest BCUT2D eigenvalue weighted by molar-refractivity contribution is 0.413. The molecule has 2 rings (SSSR count). The zero-order valence-corrected chi connectivity index (χ0v) is 19.3. The van der Waals surface area contributed by atoms with E-state index in [1.165, 1.54) is 51.4 Å². The quantitative estimate of drug-likeness (QED) is 0.226. The van der Waals surface area contributed by atoms with Gasteiger partial charge in [-0.1, -0.05) is 82.9 Å². The third-order valence-electron chi connectivity index (χ3n) is 5.31. The van der Waals surface area contributed by atoms with E-state index in [4.69, 9.17) is 8.92 Å². The van der Waals surface area contributed by atoms with E-state index in [1.54, 1.807) is 43.5 Å². The number of unbranched alkanes of at least 4 members (excludes halogenated alkanes) is 9. The van der Waals surface area contributed by atoms with Gasteiger partial charge in [-0.25, -0.2) is 0 Å². The van der Waals surface area contributed by atoms with Crippen LogP contribution in [0.4, 0.5) is 0 Å². The molecule has 0 spiro atoms. The van der Waals surface area contributed by atoms with E-state index in [0.29, 0.717) is 5.75 Å². The molecule has 0 N–H and O–H groups in total. The average molecular weight is 433 g/mol. The van der Waals surface area contributed by atoms with Gasteiger partial charge in [0, 0.05) is 0 Å². The highest BCUT2D eigenvalue weighted by molar-refractivity contribution is 7.87. The van der Waals surface area contributed by atoms with Crippen LogP contribution in [0, 0.1) is 0 Å². The third kappa shape index (κ3) is 8.39. The van der Waals surface area contributed by atoms with E-state index >= 15 is 0 Å². The topological polar surface area (TPSA) is 52.6 Å². The monoisotopic (exact) mass is 432 g/mol. The summed E-state index contributed by atoms with van der Waals surface area (Å²) in [6, 6.07) is 13.7. The van der Waals surface area contributed by atoms with Gasteiger partial charge in [0.2, 0.25) is 0 Å². The van der Waals surface area contributed by atoms with Crippen LogP contribution in [-0.2, 0) is 16.5 Å². The Morgan fingerprint density at radius 1 is 0.700 bits per heavy atom. The van der Waals surface area contributed by atoms with E-state index < -0.39 is 10.1 Å². The third-order valence-corrected chi connectivity index (χ3v) is 6.66. The van der Waals surface area contributed by atoms with E-state index in [2.05, 4.69) is 6.92 Å². The average Bonchev–Trinajstić information content (AvgIpc) is 2.75. The summed E-state index contributed by atoms with van der Waals surface area (Å²) in [7, 11) is -2.30. The SMILES string of the molecule is CCCCCCCCCCCCc1ccccc1S(=O)(=O)Oc1ccc(OC)cc1.